The zero-order valence-electron chi connectivity index (χ0n) is 20.3. The molecule has 3 rings (SSSR count). The first-order chi connectivity index (χ1) is 16.5. The fourth-order valence-electron chi connectivity index (χ4n) is 4.36. The lowest BCUT2D eigenvalue weighted by atomic mass is 9.72. The van der Waals surface area contributed by atoms with Crippen LogP contribution in [0.1, 0.15) is 49.8 Å². The second-order valence-corrected chi connectivity index (χ2v) is 8.94. The number of aliphatic hydroxyl groups is 1. The Morgan fingerprint density at radius 2 is 1.91 bits per heavy atom. The predicted molar refractivity (Wildman–Crippen MR) is 126 cm³/mol. The molecule has 35 heavy (non-hydrogen) atoms. The van der Waals surface area contributed by atoms with Crippen LogP contribution in [0.5, 0.6) is 11.5 Å². The van der Waals surface area contributed by atoms with Crippen molar-refractivity contribution in [1.29, 1.82) is 0 Å². The van der Waals surface area contributed by atoms with Crippen LogP contribution >= 0.6 is 0 Å². The molecule has 8 heteroatoms. The molecule has 1 N–H and O–H groups in total. The lowest BCUT2D eigenvalue weighted by Gasteiger charge is -2.33. The summed E-state index contributed by atoms with van der Waals surface area (Å²) in [5.41, 5.74) is 0.100. The van der Waals surface area contributed by atoms with Gasteiger partial charge in [-0.1, -0.05) is 31.8 Å². The Morgan fingerprint density at radius 1 is 1.23 bits per heavy atom. The summed E-state index contributed by atoms with van der Waals surface area (Å²) < 4.78 is 49.3. The van der Waals surface area contributed by atoms with E-state index in [4.69, 9.17) is 9.47 Å². The van der Waals surface area contributed by atoms with Gasteiger partial charge in [0.05, 0.1) is 18.8 Å². The first-order valence-corrected chi connectivity index (χ1v) is 11.4. The number of carbonyl (C=O) groups is 1. The number of ether oxygens (including phenoxy) is 2. The van der Waals surface area contributed by atoms with Crippen LogP contribution in [0.25, 0.3) is 0 Å². The summed E-state index contributed by atoms with van der Waals surface area (Å²) in [5, 5.41) is 10.6. The van der Waals surface area contributed by atoms with E-state index in [2.05, 4.69) is 11.8 Å². The molecule has 1 heterocycles. The largest absolute Gasteiger partial charge is 0.493 e. The topological polar surface area (TPSA) is 59.0 Å². The minimum absolute atomic E-state index is 0.000378. The number of alkyl halides is 3. The van der Waals surface area contributed by atoms with Crippen LogP contribution in [-0.4, -0.2) is 48.8 Å². The van der Waals surface area contributed by atoms with Gasteiger partial charge in [0, 0.05) is 36.4 Å². The van der Waals surface area contributed by atoms with Gasteiger partial charge in [0.25, 0.3) is 0 Å². The van der Waals surface area contributed by atoms with E-state index >= 15 is 0 Å². The van der Waals surface area contributed by atoms with E-state index in [0.29, 0.717) is 36.6 Å². The van der Waals surface area contributed by atoms with Crippen LogP contribution in [0.15, 0.2) is 42.5 Å². The van der Waals surface area contributed by atoms with Crippen molar-refractivity contribution in [2.24, 2.45) is 5.41 Å². The van der Waals surface area contributed by atoms with Gasteiger partial charge in [-0.25, -0.2) is 0 Å². The smallest absolute Gasteiger partial charge is 0.416 e. The number of carbonyl (C=O) groups excluding carboxylic acids is 1. The van der Waals surface area contributed by atoms with Gasteiger partial charge in [0.1, 0.15) is 6.61 Å². The second kappa shape index (κ2) is 10.6. The van der Waals surface area contributed by atoms with Gasteiger partial charge < -0.3 is 19.5 Å². The standard InChI is InChI=1S/C27H30F3NO4/c1-5-25(33)31-16-22(26(3,17-31)18(2)32)20-10-13-23(34-4)24(15-20)35-14-6-7-19-8-11-21(12-9-19)27(28,29)30/h8-13,15,18,22,32H,5,14,16-17H2,1-4H3/t18-,22+,26+/m1/s1. The molecular weight excluding hydrogens is 459 g/mol. The van der Waals surface area contributed by atoms with Gasteiger partial charge in [-0.3, -0.25) is 4.79 Å². The molecule has 0 aromatic heterocycles. The molecule has 0 unspecified atom stereocenters. The quantitative estimate of drug-likeness (QED) is 0.589. The minimum Gasteiger partial charge on any atom is -0.493 e. The zero-order chi connectivity index (χ0) is 25.8. The Labute approximate surface area is 203 Å². The number of rotatable bonds is 6. The maximum atomic E-state index is 12.7. The molecule has 1 fully saturated rings. The molecule has 1 aliphatic heterocycles. The molecule has 0 saturated carbocycles. The summed E-state index contributed by atoms with van der Waals surface area (Å²) in [6.07, 6.45) is -4.62. The molecule has 0 aliphatic carbocycles. The average Bonchev–Trinajstić information content (AvgIpc) is 3.20. The SMILES string of the molecule is CCC(=O)N1C[C@@H](c2ccc(OC)c(OCC#Cc3ccc(C(F)(F)F)cc3)c2)[C@](C)([C@@H](C)O)C1. The average molecular weight is 490 g/mol. The Morgan fingerprint density at radius 3 is 2.49 bits per heavy atom. The van der Waals surface area contributed by atoms with Crippen LogP contribution in [-0.2, 0) is 11.0 Å². The van der Waals surface area contributed by atoms with Crippen LogP contribution in [0.3, 0.4) is 0 Å². The minimum atomic E-state index is -4.39. The van der Waals surface area contributed by atoms with E-state index in [1.54, 1.807) is 17.9 Å². The number of amides is 1. The highest BCUT2D eigenvalue weighted by Crippen LogP contribution is 2.47. The lowest BCUT2D eigenvalue weighted by molar-refractivity contribution is -0.137. The summed E-state index contributed by atoms with van der Waals surface area (Å²) in [7, 11) is 1.52. The Hall–Kier alpha value is -3.18. The first-order valence-electron chi connectivity index (χ1n) is 11.4. The van der Waals surface area contributed by atoms with E-state index in [1.807, 2.05) is 26.0 Å². The summed E-state index contributed by atoms with van der Waals surface area (Å²) in [6.45, 7) is 6.49. The molecule has 2 aromatic carbocycles. The Kier molecular flexibility index (Phi) is 8.01. The Bertz CT molecular complexity index is 1100. The van der Waals surface area contributed by atoms with Gasteiger partial charge in [-0.05, 0) is 48.9 Å². The van der Waals surface area contributed by atoms with Gasteiger partial charge in [-0.2, -0.15) is 13.2 Å². The zero-order valence-corrected chi connectivity index (χ0v) is 20.3. The Balaban J connectivity index is 1.78. The number of methoxy groups -OCH3 is 1. The first kappa shape index (κ1) is 26.4. The lowest BCUT2D eigenvalue weighted by Crippen LogP contribution is -2.38. The van der Waals surface area contributed by atoms with Crippen molar-refractivity contribution in [1.82, 2.24) is 4.90 Å². The molecule has 1 amide bonds. The summed E-state index contributed by atoms with van der Waals surface area (Å²) in [6, 6.07) is 10.1. The third kappa shape index (κ3) is 5.91. The van der Waals surface area contributed by atoms with Crippen molar-refractivity contribution in [3.05, 3.63) is 59.2 Å². The number of nitrogens with zero attached hydrogens (tertiary/aromatic N) is 1. The molecule has 1 aliphatic rings. The van der Waals surface area contributed by atoms with Gasteiger partial charge >= 0.3 is 6.18 Å². The third-order valence-electron chi connectivity index (χ3n) is 6.67. The van der Waals surface area contributed by atoms with E-state index < -0.39 is 23.3 Å². The van der Waals surface area contributed by atoms with Gasteiger partial charge in [-0.15, -0.1) is 0 Å². The number of hydrogen-bond acceptors (Lipinski definition) is 4. The molecule has 3 atom stereocenters. The normalized spacial score (nSPS) is 20.7. The number of aliphatic hydroxyl groups excluding tert-OH is 1. The van der Waals surface area contributed by atoms with Crippen LogP contribution in [0, 0.1) is 17.3 Å². The van der Waals surface area contributed by atoms with Crippen LogP contribution < -0.4 is 9.47 Å². The summed E-state index contributed by atoms with van der Waals surface area (Å²) in [5.74, 6) is 6.50. The molecule has 188 valence electrons. The third-order valence-corrected chi connectivity index (χ3v) is 6.67. The van der Waals surface area contributed by atoms with E-state index in [0.717, 1.165) is 17.7 Å². The maximum Gasteiger partial charge on any atom is 0.416 e. The summed E-state index contributed by atoms with van der Waals surface area (Å²) >= 11 is 0. The molecule has 1 saturated heterocycles. The molecule has 0 spiro atoms. The molecule has 0 bridgehead atoms. The van der Waals surface area contributed by atoms with E-state index in [-0.39, 0.29) is 18.4 Å². The highest BCUT2D eigenvalue weighted by molar-refractivity contribution is 5.76. The van der Waals surface area contributed by atoms with Crippen molar-refractivity contribution in [2.75, 3.05) is 26.8 Å². The molecular formula is C27H30F3NO4. The van der Waals surface area contributed by atoms with Crippen LogP contribution in [0.4, 0.5) is 13.2 Å². The molecule has 0 radical (unpaired) electrons. The van der Waals surface area contributed by atoms with Crippen molar-refractivity contribution in [3.8, 4) is 23.3 Å². The molecule has 2 aromatic rings. The number of benzene rings is 2. The fourth-order valence-corrected chi connectivity index (χ4v) is 4.36. The monoisotopic (exact) mass is 489 g/mol. The second-order valence-electron chi connectivity index (χ2n) is 8.94. The predicted octanol–water partition coefficient (Wildman–Crippen LogP) is 4.87. The van der Waals surface area contributed by atoms with Crippen molar-refractivity contribution in [3.63, 3.8) is 0 Å². The van der Waals surface area contributed by atoms with Crippen molar-refractivity contribution < 1.29 is 32.5 Å². The van der Waals surface area contributed by atoms with E-state index in [9.17, 15) is 23.1 Å². The molecule has 5 nitrogen and oxygen atoms in total. The van der Waals surface area contributed by atoms with Crippen molar-refractivity contribution >= 4 is 5.91 Å². The van der Waals surface area contributed by atoms with E-state index in [1.165, 1.54) is 19.2 Å². The number of hydrogen-bond donors (Lipinski definition) is 1. The number of halogens is 3. The van der Waals surface area contributed by atoms with Gasteiger partial charge in [0.2, 0.25) is 5.91 Å². The van der Waals surface area contributed by atoms with Crippen molar-refractivity contribution in [2.45, 2.75) is 45.4 Å². The highest BCUT2D eigenvalue weighted by atomic mass is 19.4. The highest BCUT2D eigenvalue weighted by Gasteiger charge is 2.48. The maximum absolute atomic E-state index is 12.7. The van der Waals surface area contributed by atoms with Gasteiger partial charge in [0.15, 0.2) is 11.5 Å². The number of likely N-dealkylation sites (tertiary alicyclic amines) is 1. The summed E-state index contributed by atoms with van der Waals surface area (Å²) in [4.78, 5) is 14.1. The fraction of sp³-hybridized carbons (Fsp3) is 0.444. The van der Waals surface area contributed by atoms with Crippen LogP contribution in [0.2, 0.25) is 0 Å².